The number of nitrogens with one attached hydrogen (secondary N) is 1. The van der Waals surface area contributed by atoms with Gasteiger partial charge in [0.25, 0.3) is 5.91 Å². The average Bonchev–Trinajstić information content (AvgIpc) is 3.14. The molecular weight excluding hydrogens is 339 g/mol. The maximum atomic E-state index is 13.6. The number of carbonyl (C=O) groups is 2. The highest BCUT2D eigenvalue weighted by molar-refractivity contribution is 9.10. The molecule has 1 atom stereocenters. The van der Waals surface area contributed by atoms with Crippen LogP contribution in [0.3, 0.4) is 0 Å². The predicted octanol–water partition coefficient (Wildman–Crippen LogP) is 2.47. The van der Waals surface area contributed by atoms with E-state index < -0.39 is 11.9 Å². The van der Waals surface area contributed by atoms with Gasteiger partial charge in [-0.2, -0.15) is 0 Å². The van der Waals surface area contributed by atoms with E-state index in [4.69, 9.17) is 0 Å². The summed E-state index contributed by atoms with van der Waals surface area (Å²) in [7, 11) is 0. The largest absolute Gasteiger partial charge is 0.352 e. The van der Waals surface area contributed by atoms with Crippen molar-refractivity contribution in [3.05, 3.63) is 34.1 Å². The number of rotatable bonds is 3. The predicted molar refractivity (Wildman–Crippen MR) is 79.3 cm³/mol. The molecule has 112 valence electrons. The highest BCUT2D eigenvalue weighted by atomic mass is 79.9. The summed E-state index contributed by atoms with van der Waals surface area (Å²) in [5.41, 5.74) is 0.279. The number of benzene rings is 1. The molecule has 2 amide bonds. The van der Waals surface area contributed by atoms with Gasteiger partial charge in [0.15, 0.2) is 0 Å². The molecule has 1 aromatic carbocycles. The Bertz CT molecular complexity index is 589. The monoisotopic (exact) mass is 354 g/mol. The van der Waals surface area contributed by atoms with E-state index in [0.717, 1.165) is 19.3 Å². The first-order chi connectivity index (χ1) is 10.1. The summed E-state index contributed by atoms with van der Waals surface area (Å²) in [6.45, 7) is 0.541. The Hall–Kier alpha value is -1.43. The number of nitrogens with zero attached hydrogens (tertiary/aromatic N) is 1. The molecule has 2 fully saturated rings. The summed E-state index contributed by atoms with van der Waals surface area (Å²) in [5.74, 6) is -0.838. The van der Waals surface area contributed by atoms with Crippen molar-refractivity contribution in [2.24, 2.45) is 0 Å². The molecule has 0 aromatic heterocycles. The van der Waals surface area contributed by atoms with Gasteiger partial charge in [0.05, 0.1) is 4.47 Å². The minimum absolute atomic E-state index is 0.0825. The Morgan fingerprint density at radius 3 is 2.71 bits per heavy atom. The van der Waals surface area contributed by atoms with Crippen LogP contribution in [0.1, 0.15) is 36.0 Å². The van der Waals surface area contributed by atoms with Crippen molar-refractivity contribution in [2.75, 3.05) is 6.54 Å². The molecule has 0 radical (unpaired) electrons. The summed E-state index contributed by atoms with van der Waals surface area (Å²) in [5, 5.41) is 2.94. The van der Waals surface area contributed by atoms with Gasteiger partial charge in [-0.3, -0.25) is 9.59 Å². The van der Waals surface area contributed by atoms with Crippen LogP contribution in [0, 0.1) is 5.82 Å². The van der Waals surface area contributed by atoms with E-state index in [1.54, 1.807) is 11.0 Å². The summed E-state index contributed by atoms with van der Waals surface area (Å²) >= 11 is 3.07. The van der Waals surface area contributed by atoms with E-state index in [-0.39, 0.29) is 23.4 Å². The van der Waals surface area contributed by atoms with Gasteiger partial charge in [-0.15, -0.1) is 0 Å². The Morgan fingerprint density at radius 2 is 2.05 bits per heavy atom. The molecule has 1 aliphatic heterocycles. The minimum atomic E-state index is -0.473. The number of hydrogen-bond donors (Lipinski definition) is 1. The van der Waals surface area contributed by atoms with Gasteiger partial charge in [-0.05, 0) is 59.8 Å². The fourth-order valence-electron chi connectivity index (χ4n) is 2.60. The lowest BCUT2D eigenvalue weighted by molar-refractivity contribution is -0.125. The Morgan fingerprint density at radius 1 is 1.29 bits per heavy atom. The zero-order valence-corrected chi connectivity index (χ0v) is 13.0. The molecular formula is C15H16BrFN2O2. The maximum absolute atomic E-state index is 13.6. The molecule has 1 saturated carbocycles. The molecule has 6 heteroatoms. The Balaban J connectivity index is 1.75. The molecule has 1 aromatic rings. The van der Waals surface area contributed by atoms with Crippen molar-refractivity contribution in [2.45, 2.75) is 37.8 Å². The van der Waals surface area contributed by atoms with E-state index in [9.17, 15) is 14.0 Å². The molecule has 3 rings (SSSR count). The Kier molecular flexibility index (Phi) is 3.97. The molecule has 0 bridgehead atoms. The van der Waals surface area contributed by atoms with Crippen molar-refractivity contribution >= 4 is 27.7 Å². The molecule has 4 nitrogen and oxygen atoms in total. The van der Waals surface area contributed by atoms with Crippen molar-refractivity contribution in [1.29, 1.82) is 0 Å². The normalized spacial score (nSPS) is 21.4. The lowest BCUT2D eigenvalue weighted by Gasteiger charge is -2.24. The lowest BCUT2D eigenvalue weighted by Crippen LogP contribution is -2.46. The lowest BCUT2D eigenvalue weighted by atomic mass is 10.1. The smallest absolute Gasteiger partial charge is 0.254 e. The summed E-state index contributed by atoms with van der Waals surface area (Å²) < 4.78 is 13.9. The highest BCUT2D eigenvalue weighted by Crippen LogP contribution is 2.25. The van der Waals surface area contributed by atoms with Crippen LogP contribution in [0.4, 0.5) is 4.39 Å². The second kappa shape index (κ2) is 5.75. The molecule has 21 heavy (non-hydrogen) atoms. The van der Waals surface area contributed by atoms with E-state index in [1.807, 2.05) is 0 Å². The first-order valence-corrected chi connectivity index (χ1v) is 7.92. The van der Waals surface area contributed by atoms with Crippen LogP contribution in [-0.2, 0) is 4.79 Å². The van der Waals surface area contributed by atoms with Crippen molar-refractivity contribution in [3.8, 4) is 0 Å². The fourth-order valence-corrected chi connectivity index (χ4v) is 2.85. The van der Waals surface area contributed by atoms with Crippen molar-refractivity contribution < 1.29 is 14.0 Å². The molecule has 1 unspecified atom stereocenters. The zero-order chi connectivity index (χ0) is 15.0. The standard InChI is InChI=1S/C15H16BrFN2O2/c16-11-6-3-9(8-12(11)17)15(21)19-7-1-2-13(19)14(20)18-10-4-5-10/h3,6,8,10,13H,1-2,4-5,7H2,(H,18,20). The van der Waals surface area contributed by atoms with Gasteiger partial charge in [-0.1, -0.05) is 0 Å². The van der Waals surface area contributed by atoms with E-state index in [0.29, 0.717) is 17.4 Å². The number of likely N-dealkylation sites (tertiary alicyclic amines) is 1. The molecule has 1 saturated heterocycles. The fraction of sp³-hybridized carbons (Fsp3) is 0.467. The molecule has 1 aliphatic carbocycles. The maximum Gasteiger partial charge on any atom is 0.254 e. The topological polar surface area (TPSA) is 49.4 Å². The van der Waals surface area contributed by atoms with Gasteiger partial charge in [0, 0.05) is 18.2 Å². The van der Waals surface area contributed by atoms with E-state index in [2.05, 4.69) is 21.2 Å². The Labute approximate surface area is 130 Å². The summed E-state index contributed by atoms with van der Waals surface area (Å²) in [6.07, 6.45) is 3.51. The first-order valence-electron chi connectivity index (χ1n) is 7.12. The summed E-state index contributed by atoms with van der Waals surface area (Å²) in [6, 6.07) is 4.15. The summed E-state index contributed by atoms with van der Waals surface area (Å²) in [4.78, 5) is 26.2. The second-order valence-electron chi connectivity index (χ2n) is 5.57. The number of hydrogen-bond acceptors (Lipinski definition) is 2. The first kappa shape index (κ1) is 14.5. The highest BCUT2D eigenvalue weighted by Gasteiger charge is 2.36. The van der Waals surface area contributed by atoms with Crippen LogP contribution in [0.15, 0.2) is 22.7 Å². The van der Waals surface area contributed by atoms with Crippen molar-refractivity contribution in [1.82, 2.24) is 10.2 Å². The molecule has 1 heterocycles. The average molecular weight is 355 g/mol. The molecule has 2 aliphatic rings. The SMILES string of the molecule is O=C(NC1CC1)C1CCCN1C(=O)c1ccc(Br)c(F)c1. The molecule has 0 spiro atoms. The van der Waals surface area contributed by atoms with Crippen LogP contribution < -0.4 is 5.32 Å². The van der Waals surface area contributed by atoms with Gasteiger partial charge < -0.3 is 10.2 Å². The van der Waals surface area contributed by atoms with Gasteiger partial charge in [-0.25, -0.2) is 4.39 Å². The third-order valence-corrected chi connectivity index (χ3v) is 4.55. The third-order valence-electron chi connectivity index (χ3n) is 3.91. The van der Waals surface area contributed by atoms with Gasteiger partial charge >= 0.3 is 0 Å². The van der Waals surface area contributed by atoms with Gasteiger partial charge in [0.2, 0.25) is 5.91 Å². The number of halogens is 2. The zero-order valence-electron chi connectivity index (χ0n) is 11.4. The quantitative estimate of drug-likeness (QED) is 0.906. The third kappa shape index (κ3) is 3.10. The van der Waals surface area contributed by atoms with E-state index in [1.165, 1.54) is 12.1 Å². The van der Waals surface area contributed by atoms with Crippen LogP contribution in [0.2, 0.25) is 0 Å². The molecule has 1 N–H and O–H groups in total. The van der Waals surface area contributed by atoms with Crippen LogP contribution in [-0.4, -0.2) is 35.3 Å². The number of carbonyl (C=O) groups excluding carboxylic acids is 2. The second-order valence-corrected chi connectivity index (χ2v) is 6.42. The van der Waals surface area contributed by atoms with E-state index >= 15 is 0 Å². The van der Waals surface area contributed by atoms with Crippen LogP contribution in [0.25, 0.3) is 0 Å². The minimum Gasteiger partial charge on any atom is -0.352 e. The van der Waals surface area contributed by atoms with Crippen molar-refractivity contribution in [3.63, 3.8) is 0 Å². The van der Waals surface area contributed by atoms with Crippen LogP contribution >= 0.6 is 15.9 Å². The number of amides is 2. The van der Waals surface area contributed by atoms with Crippen LogP contribution in [0.5, 0.6) is 0 Å². The van der Waals surface area contributed by atoms with Gasteiger partial charge in [0.1, 0.15) is 11.9 Å².